The standard InChI is InChI=1S/C16H25N7O2/c24-16(11-7-12(20-19-11)23-8-17-21-22-23)18-14-10-5-6-25-15(10)13(14)9-3-1-2-4-9/h8-15,19-20H,1-7H2,(H,18,24)/t10-,11?,12?,13+,14-,15-/m0/s1. The highest BCUT2D eigenvalue weighted by molar-refractivity contribution is 5.82. The number of carbonyl (C=O) groups is 1. The molecule has 2 aliphatic heterocycles. The van der Waals surface area contributed by atoms with Gasteiger partial charge in [0.15, 0.2) is 0 Å². The third-order valence-electron chi connectivity index (χ3n) is 6.58. The average Bonchev–Trinajstić information content (AvgIpc) is 3.39. The SMILES string of the molecule is O=C(N[C@H]1[C@@H]2CCO[C@@H]2[C@@H]1C1CCCC1)C1CC(n2cnnn2)NN1. The van der Waals surface area contributed by atoms with Crippen LogP contribution in [0.3, 0.4) is 0 Å². The number of rotatable bonds is 4. The Morgan fingerprint density at radius 1 is 1.24 bits per heavy atom. The van der Waals surface area contributed by atoms with Crippen LogP contribution < -0.4 is 16.2 Å². The molecule has 0 aromatic carbocycles. The Bertz CT molecular complexity index is 613. The van der Waals surface area contributed by atoms with Crippen LogP contribution in [0.15, 0.2) is 6.33 Å². The molecule has 2 saturated carbocycles. The van der Waals surface area contributed by atoms with Crippen molar-refractivity contribution in [2.24, 2.45) is 17.8 Å². The highest BCUT2D eigenvalue weighted by atomic mass is 16.5. The van der Waals surface area contributed by atoms with Crippen LogP contribution in [0.5, 0.6) is 0 Å². The van der Waals surface area contributed by atoms with Crippen LogP contribution in [-0.2, 0) is 9.53 Å². The topological polar surface area (TPSA) is 106 Å². The predicted octanol–water partition coefficient (Wildman–Crippen LogP) is -0.252. The first-order valence-electron chi connectivity index (χ1n) is 9.47. The van der Waals surface area contributed by atoms with Crippen LogP contribution in [0.25, 0.3) is 0 Å². The summed E-state index contributed by atoms with van der Waals surface area (Å²) >= 11 is 0. The lowest BCUT2D eigenvalue weighted by Crippen LogP contribution is -2.65. The zero-order valence-corrected chi connectivity index (χ0v) is 14.2. The van der Waals surface area contributed by atoms with Crippen molar-refractivity contribution in [3.8, 4) is 0 Å². The van der Waals surface area contributed by atoms with Crippen LogP contribution in [0.1, 0.15) is 44.7 Å². The zero-order valence-electron chi connectivity index (χ0n) is 14.2. The van der Waals surface area contributed by atoms with Gasteiger partial charge in [-0.05, 0) is 22.8 Å². The van der Waals surface area contributed by atoms with E-state index in [9.17, 15) is 4.79 Å². The molecule has 1 aromatic rings. The first-order valence-corrected chi connectivity index (χ1v) is 9.47. The van der Waals surface area contributed by atoms with Gasteiger partial charge in [-0.25, -0.2) is 15.5 Å². The molecule has 4 fully saturated rings. The summed E-state index contributed by atoms with van der Waals surface area (Å²) in [6, 6.07) is 0.0109. The Morgan fingerprint density at radius 3 is 2.92 bits per heavy atom. The molecule has 9 heteroatoms. The van der Waals surface area contributed by atoms with Crippen molar-refractivity contribution >= 4 is 5.91 Å². The van der Waals surface area contributed by atoms with E-state index in [2.05, 4.69) is 31.7 Å². The van der Waals surface area contributed by atoms with Gasteiger partial charge in [-0.3, -0.25) is 4.79 Å². The van der Waals surface area contributed by atoms with E-state index in [0.29, 0.717) is 30.3 Å². The van der Waals surface area contributed by atoms with Gasteiger partial charge in [0.05, 0.1) is 6.10 Å². The molecule has 2 unspecified atom stereocenters. The number of nitrogens with zero attached hydrogens (tertiary/aromatic N) is 4. The van der Waals surface area contributed by atoms with Gasteiger partial charge in [0.25, 0.3) is 0 Å². The van der Waals surface area contributed by atoms with E-state index in [1.807, 2.05) is 0 Å². The second-order valence-corrected chi connectivity index (χ2v) is 7.83. The monoisotopic (exact) mass is 347 g/mol. The maximum absolute atomic E-state index is 12.8. The number of hydrogen-bond acceptors (Lipinski definition) is 7. The molecule has 136 valence electrons. The van der Waals surface area contributed by atoms with Gasteiger partial charge in [0.2, 0.25) is 5.91 Å². The normalized spacial score (nSPS) is 40.8. The number of nitrogens with one attached hydrogen (secondary N) is 3. The number of hydrazine groups is 1. The van der Waals surface area contributed by atoms with Crippen molar-refractivity contribution in [3.63, 3.8) is 0 Å². The molecule has 0 bridgehead atoms. The molecule has 4 aliphatic rings. The van der Waals surface area contributed by atoms with Crippen LogP contribution in [0.4, 0.5) is 0 Å². The van der Waals surface area contributed by atoms with Gasteiger partial charge in [-0.1, -0.05) is 25.7 Å². The van der Waals surface area contributed by atoms with Crippen molar-refractivity contribution in [1.29, 1.82) is 0 Å². The Morgan fingerprint density at radius 2 is 2.12 bits per heavy atom. The quantitative estimate of drug-likeness (QED) is 0.689. The number of amides is 1. The minimum atomic E-state index is -0.264. The molecule has 0 spiro atoms. The van der Waals surface area contributed by atoms with E-state index in [0.717, 1.165) is 13.0 Å². The maximum Gasteiger partial charge on any atom is 0.238 e. The van der Waals surface area contributed by atoms with Crippen LogP contribution in [-0.4, -0.2) is 50.9 Å². The highest BCUT2D eigenvalue weighted by Gasteiger charge is 2.57. The minimum absolute atomic E-state index is 0.0708. The fourth-order valence-corrected chi connectivity index (χ4v) is 5.32. The summed E-state index contributed by atoms with van der Waals surface area (Å²) in [7, 11) is 0. The minimum Gasteiger partial charge on any atom is -0.377 e. The number of aromatic nitrogens is 4. The summed E-state index contributed by atoms with van der Waals surface area (Å²) < 4.78 is 7.61. The molecular formula is C16H25N7O2. The number of fused-ring (bicyclic) bond motifs is 1. The summed E-state index contributed by atoms with van der Waals surface area (Å²) in [5.74, 6) is 1.79. The number of carbonyl (C=O) groups excluding carboxylic acids is 1. The number of hydrogen-bond donors (Lipinski definition) is 3. The smallest absolute Gasteiger partial charge is 0.238 e. The van der Waals surface area contributed by atoms with Crippen molar-refractivity contribution in [1.82, 2.24) is 36.4 Å². The molecule has 6 atom stereocenters. The molecule has 5 rings (SSSR count). The first-order chi connectivity index (χ1) is 12.3. The maximum atomic E-state index is 12.8. The second-order valence-electron chi connectivity index (χ2n) is 7.83. The van der Waals surface area contributed by atoms with Crippen molar-refractivity contribution in [3.05, 3.63) is 6.33 Å². The average molecular weight is 347 g/mol. The Hall–Kier alpha value is -1.58. The molecule has 9 nitrogen and oxygen atoms in total. The van der Waals surface area contributed by atoms with E-state index in [1.54, 1.807) is 11.0 Å². The molecule has 3 heterocycles. The predicted molar refractivity (Wildman–Crippen MR) is 86.8 cm³/mol. The largest absolute Gasteiger partial charge is 0.377 e. The molecule has 2 aliphatic carbocycles. The molecule has 1 aromatic heterocycles. The zero-order chi connectivity index (χ0) is 16.8. The fourth-order valence-electron chi connectivity index (χ4n) is 5.32. The summed E-state index contributed by atoms with van der Waals surface area (Å²) in [4.78, 5) is 12.8. The van der Waals surface area contributed by atoms with Crippen molar-refractivity contribution < 1.29 is 9.53 Å². The molecule has 3 N–H and O–H groups in total. The highest BCUT2D eigenvalue weighted by Crippen LogP contribution is 2.51. The molecule has 25 heavy (non-hydrogen) atoms. The lowest BCUT2D eigenvalue weighted by molar-refractivity contribution is -0.131. The summed E-state index contributed by atoms with van der Waals surface area (Å²) in [6.07, 6.45) is 8.74. The Balaban J connectivity index is 1.23. The molecular weight excluding hydrogens is 322 g/mol. The van der Waals surface area contributed by atoms with Crippen LogP contribution in [0.2, 0.25) is 0 Å². The molecule has 0 radical (unpaired) electrons. The van der Waals surface area contributed by atoms with Crippen LogP contribution in [0, 0.1) is 17.8 Å². The van der Waals surface area contributed by atoms with E-state index in [1.165, 1.54) is 25.7 Å². The Kier molecular flexibility index (Phi) is 3.94. The first kappa shape index (κ1) is 15.7. The summed E-state index contributed by atoms with van der Waals surface area (Å²) in [5.41, 5.74) is 6.18. The van der Waals surface area contributed by atoms with E-state index in [-0.39, 0.29) is 24.2 Å². The number of tetrazole rings is 1. The summed E-state index contributed by atoms with van der Waals surface area (Å²) in [5, 5.41) is 14.5. The molecule has 2 saturated heterocycles. The van der Waals surface area contributed by atoms with Crippen molar-refractivity contribution in [2.75, 3.05) is 6.61 Å². The lowest BCUT2D eigenvalue weighted by atomic mass is 9.61. The fraction of sp³-hybridized carbons (Fsp3) is 0.875. The van der Waals surface area contributed by atoms with Crippen LogP contribution >= 0.6 is 0 Å². The number of ether oxygens (including phenoxy) is 1. The molecule has 1 amide bonds. The third kappa shape index (κ3) is 2.65. The van der Waals surface area contributed by atoms with E-state index < -0.39 is 0 Å². The summed E-state index contributed by atoms with van der Waals surface area (Å²) in [6.45, 7) is 0.843. The Labute approximate surface area is 146 Å². The van der Waals surface area contributed by atoms with Gasteiger partial charge in [0, 0.05) is 30.9 Å². The van der Waals surface area contributed by atoms with E-state index >= 15 is 0 Å². The third-order valence-corrected chi connectivity index (χ3v) is 6.58. The van der Waals surface area contributed by atoms with Gasteiger partial charge >= 0.3 is 0 Å². The lowest BCUT2D eigenvalue weighted by Gasteiger charge is -2.51. The van der Waals surface area contributed by atoms with E-state index in [4.69, 9.17) is 4.74 Å². The second kappa shape index (κ2) is 6.30. The van der Waals surface area contributed by atoms with Gasteiger partial charge in [0.1, 0.15) is 18.5 Å². The van der Waals surface area contributed by atoms with Gasteiger partial charge < -0.3 is 10.1 Å². The van der Waals surface area contributed by atoms with Gasteiger partial charge in [-0.2, -0.15) is 0 Å². The van der Waals surface area contributed by atoms with Gasteiger partial charge in [-0.15, -0.1) is 5.10 Å². The van der Waals surface area contributed by atoms with Crippen molar-refractivity contribution in [2.45, 2.75) is 62.9 Å².